The van der Waals surface area contributed by atoms with Crippen LogP contribution in [0.2, 0.25) is 0 Å². The first-order valence-corrected chi connectivity index (χ1v) is 6.92. The molecule has 1 rings (SSSR count). The lowest BCUT2D eigenvalue weighted by atomic mass is 9.92. The average Bonchev–Trinajstić information content (AvgIpc) is 2.63. The van der Waals surface area contributed by atoms with Gasteiger partial charge in [-0.3, -0.25) is 0 Å². The van der Waals surface area contributed by atoms with E-state index in [0.717, 1.165) is 13.0 Å². The summed E-state index contributed by atoms with van der Waals surface area (Å²) in [7, 11) is 0. The first kappa shape index (κ1) is 13.7. The molecule has 1 atom stereocenters. The molecule has 1 heterocycles. The van der Waals surface area contributed by atoms with Gasteiger partial charge < -0.3 is 5.32 Å². The van der Waals surface area contributed by atoms with E-state index in [1.807, 2.05) is 17.5 Å². The summed E-state index contributed by atoms with van der Waals surface area (Å²) in [5.41, 5.74) is 0.407. The molecule has 0 aromatic carbocycles. The number of hydrogen-bond donors (Lipinski definition) is 1. The second-order valence-electron chi connectivity index (χ2n) is 5.50. The molecule has 0 spiro atoms. The van der Waals surface area contributed by atoms with E-state index in [1.54, 1.807) is 0 Å². The van der Waals surface area contributed by atoms with Gasteiger partial charge in [0.1, 0.15) is 5.01 Å². The number of aryl methyl sites for hydroxylation is 1. The highest BCUT2D eigenvalue weighted by molar-refractivity contribution is 7.11. The lowest BCUT2D eigenvalue weighted by molar-refractivity contribution is 0.358. The molecule has 0 saturated carbocycles. The first-order valence-electron chi connectivity index (χ1n) is 6.10. The second kappa shape index (κ2) is 5.78. The smallest absolute Gasteiger partial charge is 0.109 e. The van der Waals surface area contributed by atoms with Crippen LogP contribution in [0.4, 0.5) is 0 Å². The molecule has 0 fully saturated rings. The van der Waals surface area contributed by atoms with Crippen LogP contribution in [0, 0.1) is 5.41 Å². The summed E-state index contributed by atoms with van der Waals surface area (Å²) in [6, 6.07) is 0.382. The fourth-order valence-electron chi connectivity index (χ4n) is 1.44. The molecule has 1 aromatic rings. The maximum Gasteiger partial charge on any atom is 0.109 e. The minimum atomic E-state index is 0.382. The predicted molar refractivity (Wildman–Crippen MR) is 72.0 cm³/mol. The minimum Gasteiger partial charge on any atom is -0.308 e. The lowest BCUT2D eigenvalue weighted by Gasteiger charge is -2.19. The number of rotatable bonds is 5. The molecule has 0 amide bonds. The van der Waals surface area contributed by atoms with Crippen LogP contribution in [0.15, 0.2) is 6.20 Å². The molecule has 16 heavy (non-hydrogen) atoms. The molecule has 0 aliphatic carbocycles. The molecule has 1 aromatic heterocycles. The van der Waals surface area contributed by atoms with Crippen LogP contribution in [0.25, 0.3) is 0 Å². The molecule has 0 bridgehead atoms. The van der Waals surface area contributed by atoms with Gasteiger partial charge in [0.15, 0.2) is 0 Å². The Kier molecular flexibility index (Phi) is 4.93. The maximum absolute atomic E-state index is 4.46. The molecule has 0 aliphatic heterocycles. The van der Waals surface area contributed by atoms with Crippen molar-refractivity contribution in [2.24, 2.45) is 5.41 Å². The first-order chi connectivity index (χ1) is 7.42. The molecule has 0 radical (unpaired) electrons. The third-order valence-electron chi connectivity index (χ3n) is 2.62. The van der Waals surface area contributed by atoms with Crippen LogP contribution < -0.4 is 5.32 Å². The topological polar surface area (TPSA) is 24.9 Å². The van der Waals surface area contributed by atoms with E-state index in [-0.39, 0.29) is 0 Å². The molecule has 92 valence electrons. The van der Waals surface area contributed by atoms with Gasteiger partial charge in [-0.05, 0) is 31.7 Å². The van der Waals surface area contributed by atoms with Crippen molar-refractivity contribution in [3.8, 4) is 0 Å². The van der Waals surface area contributed by atoms with E-state index in [4.69, 9.17) is 0 Å². The highest BCUT2D eigenvalue weighted by atomic mass is 32.1. The highest BCUT2D eigenvalue weighted by Gasteiger charge is 2.12. The summed E-state index contributed by atoms with van der Waals surface area (Å²) in [6.07, 6.45) is 4.29. The van der Waals surface area contributed by atoms with Gasteiger partial charge in [0.25, 0.3) is 0 Å². The third kappa shape index (κ3) is 4.62. The van der Waals surface area contributed by atoms with E-state index in [1.165, 1.54) is 16.3 Å². The van der Waals surface area contributed by atoms with Crippen molar-refractivity contribution in [2.75, 3.05) is 6.54 Å². The van der Waals surface area contributed by atoms with E-state index in [9.17, 15) is 0 Å². The van der Waals surface area contributed by atoms with Crippen molar-refractivity contribution in [1.82, 2.24) is 10.3 Å². The molecule has 3 heteroatoms. The normalized spacial score (nSPS) is 14.1. The zero-order valence-electron chi connectivity index (χ0n) is 11.1. The number of nitrogens with zero attached hydrogens (tertiary/aromatic N) is 1. The van der Waals surface area contributed by atoms with Gasteiger partial charge in [-0.15, -0.1) is 11.3 Å². The summed E-state index contributed by atoms with van der Waals surface area (Å²) in [6.45, 7) is 12.3. The molecule has 1 unspecified atom stereocenters. The number of hydrogen-bond acceptors (Lipinski definition) is 3. The summed E-state index contributed by atoms with van der Waals surface area (Å²) < 4.78 is 0. The Hall–Kier alpha value is -0.410. The molecule has 1 N–H and O–H groups in total. The molecular formula is C13H24N2S. The van der Waals surface area contributed by atoms with Crippen LogP contribution >= 0.6 is 11.3 Å². The van der Waals surface area contributed by atoms with Gasteiger partial charge in [-0.1, -0.05) is 27.7 Å². The Balaban J connectivity index is 2.37. The fraction of sp³-hybridized carbons (Fsp3) is 0.769. The van der Waals surface area contributed by atoms with Crippen molar-refractivity contribution in [3.05, 3.63) is 16.1 Å². The SMILES string of the molecule is CCc1cnc(C(C)NCCC(C)(C)C)s1. The van der Waals surface area contributed by atoms with Crippen LogP contribution in [0.5, 0.6) is 0 Å². The van der Waals surface area contributed by atoms with Crippen molar-refractivity contribution in [3.63, 3.8) is 0 Å². The van der Waals surface area contributed by atoms with E-state index in [2.05, 4.69) is 44.9 Å². The maximum atomic E-state index is 4.46. The Morgan fingerprint density at radius 1 is 1.44 bits per heavy atom. The van der Waals surface area contributed by atoms with E-state index in [0.29, 0.717) is 11.5 Å². The van der Waals surface area contributed by atoms with Gasteiger partial charge >= 0.3 is 0 Å². The average molecular weight is 240 g/mol. The fourth-order valence-corrected chi connectivity index (χ4v) is 2.32. The number of nitrogens with one attached hydrogen (secondary N) is 1. The summed E-state index contributed by atoms with van der Waals surface area (Å²) >= 11 is 1.83. The zero-order valence-corrected chi connectivity index (χ0v) is 11.9. The van der Waals surface area contributed by atoms with Crippen LogP contribution in [0.3, 0.4) is 0 Å². The predicted octanol–water partition coefficient (Wildman–Crippen LogP) is 3.79. The van der Waals surface area contributed by atoms with Crippen molar-refractivity contribution >= 4 is 11.3 Å². The quantitative estimate of drug-likeness (QED) is 0.847. The summed E-state index contributed by atoms with van der Waals surface area (Å²) in [5, 5.41) is 4.75. The largest absolute Gasteiger partial charge is 0.308 e. The summed E-state index contributed by atoms with van der Waals surface area (Å²) in [4.78, 5) is 5.83. The second-order valence-corrected chi connectivity index (χ2v) is 6.65. The Bertz CT molecular complexity index is 312. The van der Waals surface area contributed by atoms with Crippen molar-refractivity contribution in [2.45, 2.75) is 53.5 Å². The monoisotopic (exact) mass is 240 g/mol. The summed E-state index contributed by atoms with van der Waals surface area (Å²) in [5.74, 6) is 0. The van der Waals surface area contributed by atoms with Crippen LogP contribution in [-0.2, 0) is 6.42 Å². The van der Waals surface area contributed by atoms with E-state index < -0.39 is 0 Å². The van der Waals surface area contributed by atoms with Crippen LogP contribution in [-0.4, -0.2) is 11.5 Å². The number of thiazole rings is 1. The van der Waals surface area contributed by atoms with Crippen molar-refractivity contribution < 1.29 is 0 Å². The third-order valence-corrected chi connectivity index (χ3v) is 3.94. The zero-order chi connectivity index (χ0) is 12.2. The van der Waals surface area contributed by atoms with E-state index >= 15 is 0 Å². The van der Waals surface area contributed by atoms with Crippen molar-refractivity contribution in [1.29, 1.82) is 0 Å². The Morgan fingerprint density at radius 3 is 2.62 bits per heavy atom. The number of aromatic nitrogens is 1. The standard InChI is InChI=1S/C13H24N2S/c1-6-11-9-15-12(16-11)10(2)14-8-7-13(3,4)5/h9-10,14H,6-8H2,1-5H3. The lowest BCUT2D eigenvalue weighted by Crippen LogP contribution is -2.23. The molecular weight excluding hydrogens is 216 g/mol. The van der Waals surface area contributed by atoms with Gasteiger partial charge in [-0.25, -0.2) is 4.98 Å². The van der Waals surface area contributed by atoms with Gasteiger partial charge in [-0.2, -0.15) is 0 Å². The van der Waals surface area contributed by atoms with Gasteiger partial charge in [0.05, 0.1) is 6.04 Å². The minimum absolute atomic E-state index is 0.382. The van der Waals surface area contributed by atoms with Gasteiger partial charge in [0.2, 0.25) is 0 Å². The molecule has 0 aliphatic rings. The van der Waals surface area contributed by atoms with Crippen LogP contribution in [0.1, 0.15) is 57.0 Å². The van der Waals surface area contributed by atoms with Gasteiger partial charge in [0, 0.05) is 11.1 Å². The molecule has 2 nitrogen and oxygen atoms in total. The highest BCUT2D eigenvalue weighted by Crippen LogP contribution is 2.21. The Labute approximate surface area is 103 Å². The molecule has 0 saturated heterocycles. The Morgan fingerprint density at radius 2 is 2.12 bits per heavy atom.